The lowest BCUT2D eigenvalue weighted by Gasteiger charge is -2.12. The number of phenols is 2. The molecule has 0 heterocycles. The van der Waals surface area contributed by atoms with E-state index in [0.717, 1.165) is 0 Å². The van der Waals surface area contributed by atoms with Crippen molar-refractivity contribution in [1.82, 2.24) is 0 Å². The van der Waals surface area contributed by atoms with Gasteiger partial charge in [0.05, 0.1) is 0 Å². The van der Waals surface area contributed by atoms with Gasteiger partial charge in [-0.2, -0.15) is 0 Å². The zero-order chi connectivity index (χ0) is 12.6. The Morgan fingerprint density at radius 1 is 1.12 bits per heavy atom. The highest BCUT2D eigenvalue weighted by Gasteiger charge is 2.21. The van der Waals surface area contributed by atoms with E-state index in [1.165, 1.54) is 0 Å². The summed E-state index contributed by atoms with van der Waals surface area (Å²) < 4.78 is 0. The summed E-state index contributed by atoms with van der Waals surface area (Å²) in [5, 5.41) is 29.8. The Morgan fingerprint density at radius 2 is 1.71 bits per heavy atom. The van der Waals surface area contributed by atoms with E-state index >= 15 is 0 Å². The van der Waals surface area contributed by atoms with E-state index in [2.05, 4.69) is 0 Å². The predicted molar refractivity (Wildman–Crippen MR) is 63.6 cm³/mol. The molecule has 4 heteroatoms. The molecule has 2 rings (SSSR count). The third kappa shape index (κ3) is 1.58. The fraction of sp³-hybridized carbons (Fsp3) is 0.154. The lowest BCUT2D eigenvalue weighted by atomic mass is 9.97. The van der Waals surface area contributed by atoms with Gasteiger partial charge in [0.25, 0.3) is 0 Å². The van der Waals surface area contributed by atoms with Gasteiger partial charge in [-0.05, 0) is 6.42 Å². The molecule has 0 atom stereocenters. The summed E-state index contributed by atoms with van der Waals surface area (Å²) in [6, 6.07) is 6.58. The second kappa shape index (κ2) is 3.97. The highest BCUT2D eigenvalue weighted by Crippen LogP contribution is 2.39. The molecule has 0 spiro atoms. The van der Waals surface area contributed by atoms with Crippen molar-refractivity contribution in [2.45, 2.75) is 13.3 Å². The lowest BCUT2D eigenvalue weighted by molar-refractivity contribution is 0.0696. The van der Waals surface area contributed by atoms with E-state index in [4.69, 9.17) is 5.11 Å². The largest absolute Gasteiger partial charge is 0.507 e. The first kappa shape index (κ1) is 11.3. The van der Waals surface area contributed by atoms with Crippen LogP contribution in [-0.2, 0) is 6.42 Å². The molecule has 3 N–H and O–H groups in total. The third-order valence-electron chi connectivity index (χ3n) is 2.83. The van der Waals surface area contributed by atoms with Crippen LogP contribution < -0.4 is 0 Å². The molecule has 4 nitrogen and oxygen atoms in total. The van der Waals surface area contributed by atoms with Crippen molar-refractivity contribution in [3.63, 3.8) is 0 Å². The second-order valence-corrected chi connectivity index (χ2v) is 3.76. The number of hydrogen-bond donors (Lipinski definition) is 3. The highest BCUT2D eigenvalue weighted by molar-refractivity contribution is 6.09. The average Bonchev–Trinajstić information content (AvgIpc) is 2.29. The first-order chi connectivity index (χ1) is 8.07. The Hall–Kier alpha value is -2.23. The molecule has 0 aliphatic heterocycles. The van der Waals surface area contributed by atoms with Crippen LogP contribution in [0.2, 0.25) is 0 Å². The maximum absolute atomic E-state index is 11.2. The molecule has 2 aromatic rings. The Morgan fingerprint density at radius 3 is 2.24 bits per heavy atom. The van der Waals surface area contributed by atoms with Crippen molar-refractivity contribution < 1.29 is 20.1 Å². The summed E-state index contributed by atoms with van der Waals surface area (Å²) in [7, 11) is 0. The molecule has 2 aromatic carbocycles. The number of benzene rings is 2. The van der Waals surface area contributed by atoms with Crippen LogP contribution in [-0.4, -0.2) is 21.3 Å². The first-order valence-corrected chi connectivity index (χ1v) is 5.26. The number of rotatable bonds is 2. The minimum atomic E-state index is -1.20. The zero-order valence-corrected chi connectivity index (χ0v) is 9.27. The van der Waals surface area contributed by atoms with Crippen molar-refractivity contribution in [1.29, 1.82) is 0 Å². The van der Waals surface area contributed by atoms with Crippen LogP contribution >= 0.6 is 0 Å². The highest BCUT2D eigenvalue weighted by atomic mass is 16.4. The summed E-state index contributed by atoms with van der Waals surface area (Å²) in [6.07, 6.45) is 0.364. The maximum atomic E-state index is 11.2. The van der Waals surface area contributed by atoms with Crippen molar-refractivity contribution in [3.05, 3.63) is 35.4 Å². The van der Waals surface area contributed by atoms with Crippen molar-refractivity contribution in [2.75, 3.05) is 0 Å². The lowest BCUT2D eigenvalue weighted by Crippen LogP contribution is -2.01. The van der Waals surface area contributed by atoms with Crippen molar-refractivity contribution >= 4 is 16.7 Å². The molecule has 0 aliphatic carbocycles. The molecule has 88 valence electrons. The summed E-state index contributed by atoms with van der Waals surface area (Å²) in [6.45, 7) is 1.75. The Balaban J connectivity index is 3.01. The molecule has 0 saturated heterocycles. The summed E-state index contributed by atoms with van der Waals surface area (Å²) in [5.74, 6) is -1.60. The van der Waals surface area contributed by atoms with Gasteiger partial charge < -0.3 is 15.3 Å². The molecule has 0 radical (unpaired) electrons. The fourth-order valence-corrected chi connectivity index (χ4v) is 2.01. The van der Waals surface area contributed by atoms with Crippen LogP contribution in [0.15, 0.2) is 24.3 Å². The molecule has 0 saturated carbocycles. The average molecular weight is 232 g/mol. The third-order valence-corrected chi connectivity index (χ3v) is 2.83. The summed E-state index contributed by atoms with van der Waals surface area (Å²) in [4.78, 5) is 11.2. The SMILES string of the molecule is CCc1c(O)c(C(=O)O)c2ccccc2c1O. The van der Waals surface area contributed by atoms with E-state index < -0.39 is 5.97 Å². The standard InChI is InChI=1S/C13H12O4/c1-2-7-11(14)9-6-4-3-5-8(9)10(12(7)15)13(16)17/h3-6,14-15H,2H2,1H3,(H,16,17). The van der Waals surface area contributed by atoms with Gasteiger partial charge in [0.2, 0.25) is 0 Å². The molecule has 0 aromatic heterocycles. The number of carboxylic acids is 1. The van der Waals surface area contributed by atoms with E-state index in [0.29, 0.717) is 17.2 Å². The van der Waals surface area contributed by atoms with Crippen LogP contribution in [0.1, 0.15) is 22.8 Å². The van der Waals surface area contributed by atoms with E-state index in [1.54, 1.807) is 31.2 Å². The monoisotopic (exact) mass is 232 g/mol. The summed E-state index contributed by atoms with van der Waals surface area (Å²) in [5.41, 5.74) is 0.108. The van der Waals surface area contributed by atoms with Crippen LogP contribution in [0.3, 0.4) is 0 Å². The van der Waals surface area contributed by atoms with Gasteiger partial charge in [-0.25, -0.2) is 4.79 Å². The van der Waals surface area contributed by atoms with Crippen LogP contribution in [0.5, 0.6) is 11.5 Å². The first-order valence-electron chi connectivity index (χ1n) is 5.26. The Labute approximate surface area is 97.8 Å². The number of phenolic OH excluding ortho intramolecular Hbond substituents is 1. The molecular formula is C13H12O4. The van der Waals surface area contributed by atoms with Gasteiger partial charge in [-0.1, -0.05) is 31.2 Å². The van der Waals surface area contributed by atoms with Gasteiger partial charge >= 0.3 is 5.97 Å². The molecule has 0 bridgehead atoms. The second-order valence-electron chi connectivity index (χ2n) is 3.76. The number of carboxylic acid groups (broad SMARTS) is 1. The molecule has 0 amide bonds. The predicted octanol–water partition coefficient (Wildman–Crippen LogP) is 2.51. The van der Waals surface area contributed by atoms with Crippen LogP contribution in [0, 0.1) is 0 Å². The fourth-order valence-electron chi connectivity index (χ4n) is 2.01. The minimum absolute atomic E-state index is 0.0504. The number of hydrogen-bond acceptors (Lipinski definition) is 3. The van der Waals surface area contributed by atoms with Gasteiger partial charge in [-0.15, -0.1) is 0 Å². The molecular weight excluding hydrogens is 220 g/mol. The normalized spacial score (nSPS) is 10.6. The number of aromatic carboxylic acids is 1. The number of fused-ring (bicyclic) bond motifs is 1. The van der Waals surface area contributed by atoms with Gasteiger partial charge in [-0.3, -0.25) is 0 Å². The van der Waals surface area contributed by atoms with Gasteiger partial charge in [0.15, 0.2) is 0 Å². The van der Waals surface area contributed by atoms with Gasteiger partial charge in [0, 0.05) is 16.3 Å². The quantitative estimate of drug-likeness (QED) is 0.743. The molecule has 17 heavy (non-hydrogen) atoms. The maximum Gasteiger partial charge on any atom is 0.340 e. The van der Waals surface area contributed by atoms with E-state index in [1.807, 2.05) is 0 Å². The number of carbonyl (C=O) groups is 1. The smallest absolute Gasteiger partial charge is 0.340 e. The molecule has 0 aliphatic rings. The molecule has 0 fully saturated rings. The van der Waals surface area contributed by atoms with Gasteiger partial charge in [0.1, 0.15) is 17.1 Å². The number of aromatic hydroxyl groups is 2. The van der Waals surface area contributed by atoms with E-state index in [9.17, 15) is 15.0 Å². The summed E-state index contributed by atoms with van der Waals surface area (Å²) >= 11 is 0. The Kier molecular flexibility index (Phi) is 2.63. The van der Waals surface area contributed by atoms with Crippen molar-refractivity contribution in [3.8, 4) is 11.5 Å². The Bertz CT molecular complexity index is 602. The van der Waals surface area contributed by atoms with Crippen LogP contribution in [0.25, 0.3) is 10.8 Å². The molecule has 0 unspecified atom stereocenters. The topological polar surface area (TPSA) is 77.8 Å². The van der Waals surface area contributed by atoms with E-state index in [-0.39, 0.29) is 22.6 Å². The van der Waals surface area contributed by atoms with Crippen molar-refractivity contribution in [2.24, 2.45) is 0 Å². The minimum Gasteiger partial charge on any atom is -0.507 e. The van der Waals surface area contributed by atoms with Crippen LogP contribution in [0.4, 0.5) is 0 Å². The zero-order valence-electron chi connectivity index (χ0n) is 9.27.